The van der Waals surface area contributed by atoms with Crippen molar-refractivity contribution < 1.29 is 9.53 Å². The second-order valence-electron chi connectivity index (χ2n) is 2.07. The molecule has 0 saturated heterocycles. The lowest BCUT2D eigenvalue weighted by Crippen LogP contribution is -2.07. The Morgan fingerprint density at radius 3 is 2.67 bits per heavy atom. The molecule has 0 saturated carbocycles. The van der Waals surface area contributed by atoms with Gasteiger partial charge in [0.25, 0.3) is 0 Å². The Hall–Kier alpha value is -0.180. The Kier molecular flexibility index (Phi) is 4.58. The third-order valence-electron chi connectivity index (χ3n) is 1.05. The number of esters is 1. The largest absolute Gasteiger partial charge is 0.469 e. The number of hydrogen-bond acceptors (Lipinski definition) is 3. The van der Waals surface area contributed by atoms with Gasteiger partial charge in [-0.3, -0.25) is 4.79 Å². The van der Waals surface area contributed by atoms with Gasteiger partial charge in [0.05, 0.1) is 7.11 Å². The number of rotatable bonds is 3. The molecule has 0 aliphatic carbocycles. The van der Waals surface area contributed by atoms with Crippen molar-refractivity contribution in [3.05, 3.63) is 0 Å². The van der Waals surface area contributed by atoms with Gasteiger partial charge in [-0.15, -0.1) is 0 Å². The smallest absolute Gasteiger partial charge is 0.305 e. The summed E-state index contributed by atoms with van der Waals surface area (Å²) in [5.74, 6) is 0.895. The Labute approximate surface area is 61.0 Å². The average molecular weight is 148 g/mol. The van der Waals surface area contributed by atoms with E-state index in [-0.39, 0.29) is 5.97 Å². The van der Waals surface area contributed by atoms with Crippen molar-refractivity contribution in [3.63, 3.8) is 0 Å². The fourth-order valence-corrected chi connectivity index (χ4v) is 0.562. The van der Waals surface area contributed by atoms with Crippen molar-refractivity contribution in [2.24, 2.45) is 5.92 Å². The quantitative estimate of drug-likeness (QED) is 0.479. The van der Waals surface area contributed by atoms with E-state index < -0.39 is 0 Å². The summed E-state index contributed by atoms with van der Waals surface area (Å²) in [6.45, 7) is 1.96. The van der Waals surface area contributed by atoms with Crippen molar-refractivity contribution in [2.75, 3.05) is 12.9 Å². The maximum atomic E-state index is 10.5. The highest BCUT2D eigenvalue weighted by molar-refractivity contribution is 7.80. The van der Waals surface area contributed by atoms with Gasteiger partial charge in [0, 0.05) is 6.42 Å². The molecule has 1 unspecified atom stereocenters. The Bertz CT molecular complexity index is 93.1. The Morgan fingerprint density at radius 1 is 1.78 bits per heavy atom. The van der Waals surface area contributed by atoms with Crippen LogP contribution >= 0.6 is 12.6 Å². The molecule has 0 aromatic rings. The van der Waals surface area contributed by atoms with Gasteiger partial charge in [-0.2, -0.15) is 12.6 Å². The van der Waals surface area contributed by atoms with E-state index in [1.807, 2.05) is 6.92 Å². The van der Waals surface area contributed by atoms with Crippen LogP contribution in [0.25, 0.3) is 0 Å². The second-order valence-corrected chi connectivity index (χ2v) is 2.43. The van der Waals surface area contributed by atoms with E-state index in [0.717, 1.165) is 5.75 Å². The van der Waals surface area contributed by atoms with Crippen LogP contribution in [0.1, 0.15) is 13.3 Å². The Balaban J connectivity index is 3.34. The first-order chi connectivity index (χ1) is 4.20. The van der Waals surface area contributed by atoms with Gasteiger partial charge in [0.2, 0.25) is 0 Å². The molecule has 0 bridgehead atoms. The van der Waals surface area contributed by atoms with Gasteiger partial charge in [-0.1, -0.05) is 6.92 Å². The molecule has 9 heavy (non-hydrogen) atoms. The zero-order valence-corrected chi connectivity index (χ0v) is 6.65. The van der Waals surface area contributed by atoms with Crippen LogP contribution in [0.15, 0.2) is 0 Å². The van der Waals surface area contributed by atoms with E-state index in [4.69, 9.17) is 0 Å². The predicted octanol–water partition coefficient (Wildman–Crippen LogP) is 1.12. The van der Waals surface area contributed by atoms with Crippen LogP contribution < -0.4 is 0 Å². The van der Waals surface area contributed by atoms with Crippen molar-refractivity contribution >= 4 is 18.6 Å². The fourth-order valence-electron chi connectivity index (χ4n) is 0.432. The zero-order chi connectivity index (χ0) is 7.28. The van der Waals surface area contributed by atoms with Crippen molar-refractivity contribution in [1.82, 2.24) is 0 Å². The normalized spacial score (nSPS) is 12.8. The molecule has 1 atom stereocenters. The van der Waals surface area contributed by atoms with Crippen LogP contribution in [0.2, 0.25) is 0 Å². The minimum absolute atomic E-state index is 0.156. The lowest BCUT2D eigenvalue weighted by atomic mass is 10.1. The summed E-state index contributed by atoms with van der Waals surface area (Å²) in [7, 11) is 1.40. The number of carbonyl (C=O) groups is 1. The molecule has 0 rings (SSSR count). The minimum atomic E-state index is -0.156. The number of carbonyl (C=O) groups excluding carboxylic acids is 1. The van der Waals surface area contributed by atoms with E-state index in [1.54, 1.807) is 0 Å². The number of hydrogen-bond donors (Lipinski definition) is 1. The topological polar surface area (TPSA) is 26.3 Å². The Morgan fingerprint density at radius 2 is 2.33 bits per heavy atom. The molecule has 0 N–H and O–H groups in total. The standard InChI is InChI=1S/C6H12O2S/c1-5(4-9)3-6(7)8-2/h5,9H,3-4H2,1-2H3. The van der Waals surface area contributed by atoms with Crippen LogP contribution in [-0.2, 0) is 9.53 Å². The second kappa shape index (κ2) is 4.68. The number of thiol groups is 1. The summed E-state index contributed by atoms with van der Waals surface area (Å²) in [6, 6.07) is 0. The van der Waals surface area contributed by atoms with Gasteiger partial charge in [-0.25, -0.2) is 0 Å². The van der Waals surface area contributed by atoms with Gasteiger partial charge >= 0.3 is 5.97 Å². The van der Waals surface area contributed by atoms with E-state index in [9.17, 15) is 4.79 Å². The summed E-state index contributed by atoms with van der Waals surface area (Å²) in [4.78, 5) is 10.5. The molecule has 0 heterocycles. The van der Waals surface area contributed by atoms with Gasteiger partial charge < -0.3 is 4.74 Å². The average Bonchev–Trinajstić information content (AvgIpc) is 1.87. The molecule has 0 aliphatic heterocycles. The maximum absolute atomic E-state index is 10.5. The summed E-state index contributed by atoms with van der Waals surface area (Å²) < 4.78 is 4.45. The summed E-state index contributed by atoms with van der Waals surface area (Å²) in [5.41, 5.74) is 0. The van der Waals surface area contributed by atoms with Crippen molar-refractivity contribution in [2.45, 2.75) is 13.3 Å². The lowest BCUT2D eigenvalue weighted by Gasteiger charge is -2.03. The van der Waals surface area contributed by atoms with Crippen molar-refractivity contribution in [3.8, 4) is 0 Å². The molecule has 54 valence electrons. The third-order valence-corrected chi connectivity index (χ3v) is 1.68. The van der Waals surface area contributed by atoms with Crippen LogP contribution in [0.4, 0.5) is 0 Å². The minimum Gasteiger partial charge on any atom is -0.469 e. The molecule has 0 radical (unpaired) electrons. The van der Waals surface area contributed by atoms with Crippen LogP contribution in [0, 0.1) is 5.92 Å². The fraction of sp³-hybridized carbons (Fsp3) is 0.833. The van der Waals surface area contributed by atoms with E-state index in [1.165, 1.54) is 7.11 Å². The van der Waals surface area contributed by atoms with Crippen LogP contribution in [-0.4, -0.2) is 18.8 Å². The summed E-state index contributed by atoms with van der Waals surface area (Å²) >= 11 is 4.02. The molecule has 3 heteroatoms. The first kappa shape index (κ1) is 8.82. The van der Waals surface area contributed by atoms with E-state index in [0.29, 0.717) is 12.3 Å². The highest BCUT2D eigenvalue weighted by Gasteiger charge is 2.05. The molecule has 0 amide bonds. The lowest BCUT2D eigenvalue weighted by molar-refractivity contribution is -0.141. The number of ether oxygens (including phenoxy) is 1. The maximum Gasteiger partial charge on any atom is 0.305 e. The molecular weight excluding hydrogens is 136 g/mol. The highest BCUT2D eigenvalue weighted by atomic mass is 32.1. The van der Waals surface area contributed by atoms with E-state index in [2.05, 4.69) is 17.4 Å². The van der Waals surface area contributed by atoms with Gasteiger partial charge in [-0.05, 0) is 11.7 Å². The monoisotopic (exact) mass is 148 g/mol. The summed E-state index contributed by atoms with van der Waals surface area (Å²) in [5, 5.41) is 0. The molecule has 0 aromatic heterocycles. The molecule has 0 fully saturated rings. The van der Waals surface area contributed by atoms with Gasteiger partial charge in [0.1, 0.15) is 0 Å². The first-order valence-corrected chi connectivity index (χ1v) is 3.51. The third kappa shape index (κ3) is 4.33. The van der Waals surface area contributed by atoms with Crippen LogP contribution in [0.5, 0.6) is 0 Å². The van der Waals surface area contributed by atoms with Crippen LogP contribution in [0.3, 0.4) is 0 Å². The predicted molar refractivity (Wildman–Crippen MR) is 39.7 cm³/mol. The van der Waals surface area contributed by atoms with Crippen molar-refractivity contribution in [1.29, 1.82) is 0 Å². The molecule has 2 nitrogen and oxygen atoms in total. The number of methoxy groups -OCH3 is 1. The zero-order valence-electron chi connectivity index (χ0n) is 5.76. The highest BCUT2D eigenvalue weighted by Crippen LogP contribution is 2.03. The molecule has 0 spiro atoms. The SMILES string of the molecule is COC(=O)CC(C)CS. The molecule has 0 aromatic carbocycles. The first-order valence-electron chi connectivity index (χ1n) is 2.88. The molecular formula is C6H12O2S. The van der Waals surface area contributed by atoms with Gasteiger partial charge in [0.15, 0.2) is 0 Å². The molecule has 0 aliphatic rings. The van der Waals surface area contributed by atoms with E-state index >= 15 is 0 Å². The summed E-state index contributed by atoms with van der Waals surface area (Å²) in [6.07, 6.45) is 0.472.